The number of hydrogen-bond acceptors (Lipinski definition) is 2. The van der Waals surface area contributed by atoms with Crippen LogP contribution in [0.4, 0.5) is 0 Å². The molecule has 52 heavy (non-hydrogen) atoms. The zero-order valence-corrected chi connectivity index (χ0v) is 27.7. The molecule has 0 bridgehead atoms. The minimum Gasteiger partial charge on any atom is -0.456 e. The van der Waals surface area contributed by atoms with Crippen molar-refractivity contribution in [2.24, 2.45) is 0 Å². The Hall–Kier alpha value is -7.04. The van der Waals surface area contributed by atoms with Crippen LogP contribution in [0.15, 0.2) is 167 Å². The van der Waals surface area contributed by atoms with Gasteiger partial charge in [0.1, 0.15) is 16.7 Å². The Morgan fingerprint density at radius 2 is 1.02 bits per heavy atom. The lowest BCUT2D eigenvalue weighted by Crippen LogP contribution is -1.94. The van der Waals surface area contributed by atoms with Crippen LogP contribution in [-0.4, -0.2) is 8.97 Å². The Bertz CT molecular complexity index is 3650. The first-order valence-electron chi connectivity index (χ1n) is 17.8. The molecule has 5 heterocycles. The van der Waals surface area contributed by atoms with Crippen molar-refractivity contribution in [2.45, 2.75) is 0 Å². The maximum absolute atomic E-state index is 6.58. The van der Waals surface area contributed by atoms with Crippen LogP contribution in [0.2, 0.25) is 0 Å². The van der Waals surface area contributed by atoms with Crippen LogP contribution in [0.5, 0.6) is 0 Å². The molecule has 13 rings (SSSR count). The molecule has 0 spiro atoms. The summed E-state index contributed by atoms with van der Waals surface area (Å²) in [4.78, 5) is 0. The highest BCUT2D eigenvalue weighted by Crippen LogP contribution is 2.47. The van der Waals surface area contributed by atoms with Gasteiger partial charge in [0.15, 0.2) is 5.58 Å². The van der Waals surface area contributed by atoms with E-state index in [-0.39, 0.29) is 0 Å². The molecule has 240 valence electrons. The summed E-state index contributed by atoms with van der Waals surface area (Å²) < 4.78 is 17.7. The van der Waals surface area contributed by atoms with Gasteiger partial charge in [0.2, 0.25) is 0 Å². The van der Waals surface area contributed by atoms with Crippen molar-refractivity contribution in [3.8, 4) is 16.8 Å². The second-order valence-electron chi connectivity index (χ2n) is 14.0. The Labute approximate surface area is 295 Å². The molecule has 8 aromatic carbocycles. The highest BCUT2D eigenvalue weighted by atomic mass is 16.3. The molecule has 0 aliphatic rings. The number of fused-ring (bicyclic) bond motifs is 16. The number of furan rings is 2. The third kappa shape index (κ3) is 3.19. The molecular formula is C48H26N2O2. The van der Waals surface area contributed by atoms with Gasteiger partial charge in [0.25, 0.3) is 0 Å². The highest BCUT2D eigenvalue weighted by Gasteiger charge is 2.24. The fourth-order valence-corrected chi connectivity index (χ4v) is 9.38. The van der Waals surface area contributed by atoms with Crippen LogP contribution in [0.1, 0.15) is 0 Å². The monoisotopic (exact) mass is 662 g/mol. The molecule has 4 heteroatoms. The molecular weight excluding hydrogens is 637 g/mol. The average Bonchev–Trinajstić information content (AvgIpc) is 4.00. The van der Waals surface area contributed by atoms with E-state index in [2.05, 4.69) is 155 Å². The number of rotatable bonds is 2. The van der Waals surface area contributed by atoms with Gasteiger partial charge in [-0.2, -0.15) is 0 Å². The molecule has 0 fully saturated rings. The van der Waals surface area contributed by atoms with E-state index in [1.54, 1.807) is 0 Å². The van der Waals surface area contributed by atoms with Crippen LogP contribution in [0.3, 0.4) is 0 Å². The smallest absolute Gasteiger partial charge is 0.159 e. The molecule has 0 aliphatic carbocycles. The summed E-state index contributed by atoms with van der Waals surface area (Å²) in [6.45, 7) is 0. The second-order valence-corrected chi connectivity index (χ2v) is 14.0. The number of para-hydroxylation sites is 5. The first-order chi connectivity index (χ1) is 25.8. The maximum atomic E-state index is 6.58. The molecule has 0 amide bonds. The van der Waals surface area contributed by atoms with Gasteiger partial charge in [0.05, 0.1) is 33.3 Å². The molecule has 0 atom stereocenters. The van der Waals surface area contributed by atoms with Gasteiger partial charge in [-0.1, -0.05) is 103 Å². The first-order valence-corrected chi connectivity index (χ1v) is 17.8. The highest BCUT2D eigenvalue weighted by molar-refractivity contribution is 6.33. The maximum Gasteiger partial charge on any atom is 0.159 e. The van der Waals surface area contributed by atoms with Crippen molar-refractivity contribution in [3.63, 3.8) is 0 Å². The lowest BCUT2D eigenvalue weighted by molar-refractivity contribution is 0.666. The van der Waals surface area contributed by atoms with Gasteiger partial charge in [-0.05, 0) is 65.7 Å². The van der Waals surface area contributed by atoms with Crippen LogP contribution in [0, 0.1) is 0 Å². The van der Waals surface area contributed by atoms with Crippen molar-refractivity contribution in [2.75, 3.05) is 0 Å². The molecule has 5 aromatic heterocycles. The van der Waals surface area contributed by atoms with Gasteiger partial charge in [-0.3, -0.25) is 0 Å². The third-order valence-electron chi connectivity index (χ3n) is 11.5. The van der Waals surface area contributed by atoms with Gasteiger partial charge in [-0.25, -0.2) is 0 Å². The van der Waals surface area contributed by atoms with Crippen molar-refractivity contribution in [1.82, 2.24) is 8.97 Å². The van der Waals surface area contributed by atoms with Gasteiger partial charge in [-0.15, -0.1) is 0 Å². The van der Waals surface area contributed by atoms with E-state index >= 15 is 0 Å². The van der Waals surface area contributed by atoms with Gasteiger partial charge >= 0.3 is 0 Å². The van der Waals surface area contributed by atoms with E-state index in [1.807, 2.05) is 12.1 Å². The van der Waals surface area contributed by atoms with E-state index in [0.717, 1.165) is 55.1 Å². The quantitative estimate of drug-likeness (QED) is 0.185. The summed E-state index contributed by atoms with van der Waals surface area (Å²) in [5, 5.41) is 12.1. The standard InChI is InChI=1S/C48H26N2O2/c1-4-17-36-32(11-1)45-38(49(36)40-18-8-15-31-29-10-2-5-19-41(29)52-48(31)40)24-25-39-46(45)34-16-7-14-30-35-26-27(22-23-37(35)50(39)47(30)34)28-13-9-21-43-44(28)33-12-3-6-20-42(33)51-43/h1-26H. The largest absolute Gasteiger partial charge is 0.456 e. The Balaban J connectivity index is 1.12. The molecule has 4 nitrogen and oxygen atoms in total. The minimum atomic E-state index is 0.904. The van der Waals surface area contributed by atoms with Crippen molar-refractivity contribution in [1.29, 1.82) is 0 Å². The van der Waals surface area contributed by atoms with E-state index in [9.17, 15) is 0 Å². The molecule has 0 aliphatic heterocycles. The lowest BCUT2D eigenvalue weighted by atomic mass is 9.97. The Morgan fingerprint density at radius 3 is 1.94 bits per heavy atom. The third-order valence-corrected chi connectivity index (χ3v) is 11.5. The second kappa shape index (κ2) is 9.39. The van der Waals surface area contributed by atoms with E-state index in [4.69, 9.17) is 8.83 Å². The van der Waals surface area contributed by atoms with Crippen LogP contribution in [0.25, 0.3) is 121 Å². The van der Waals surface area contributed by atoms with Crippen LogP contribution < -0.4 is 0 Å². The summed E-state index contributed by atoms with van der Waals surface area (Å²) in [6.07, 6.45) is 0. The Morgan fingerprint density at radius 1 is 0.365 bits per heavy atom. The zero-order valence-electron chi connectivity index (χ0n) is 27.7. The predicted molar refractivity (Wildman–Crippen MR) is 215 cm³/mol. The van der Waals surface area contributed by atoms with E-state index in [1.165, 1.54) is 65.5 Å². The number of aromatic nitrogens is 2. The van der Waals surface area contributed by atoms with Crippen molar-refractivity contribution >= 4 is 104 Å². The SMILES string of the molecule is c1ccc2c(c1)oc1c(-n3c4ccccc4c4c5c6cccc7c8cc(-c9cccc%10oc%11ccccc%11c9%10)ccc8n(c5ccc43)c76)cccc12. The van der Waals surface area contributed by atoms with Crippen LogP contribution in [-0.2, 0) is 0 Å². The first kappa shape index (κ1) is 26.8. The fraction of sp³-hybridized carbons (Fsp3) is 0. The fourth-order valence-electron chi connectivity index (χ4n) is 9.38. The van der Waals surface area contributed by atoms with Crippen LogP contribution >= 0.6 is 0 Å². The summed E-state index contributed by atoms with van der Waals surface area (Å²) in [6, 6.07) is 56.7. The van der Waals surface area contributed by atoms with Crippen molar-refractivity contribution in [3.05, 3.63) is 158 Å². The molecule has 13 aromatic rings. The summed E-state index contributed by atoms with van der Waals surface area (Å²) >= 11 is 0. The number of nitrogens with zero attached hydrogens (tertiary/aromatic N) is 2. The molecule has 0 radical (unpaired) electrons. The lowest BCUT2D eigenvalue weighted by Gasteiger charge is -2.09. The molecule has 0 unspecified atom stereocenters. The Kier molecular flexibility index (Phi) is 4.83. The van der Waals surface area contributed by atoms with Gasteiger partial charge < -0.3 is 17.8 Å². The topological polar surface area (TPSA) is 35.6 Å². The normalized spacial score (nSPS) is 12.6. The van der Waals surface area contributed by atoms with E-state index < -0.39 is 0 Å². The predicted octanol–water partition coefficient (Wildman–Crippen LogP) is 13.4. The zero-order chi connectivity index (χ0) is 33.7. The summed E-state index contributed by atoms with van der Waals surface area (Å²) in [5.74, 6) is 0. The minimum absolute atomic E-state index is 0.904. The molecule has 0 N–H and O–H groups in total. The molecule has 0 saturated heterocycles. The summed E-state index contributed by atoms with van der Waals surface area (Å²) in [7, 11) is 0. The molecule has 0 saturated carbocycles. The van der Waals surface area contributed by atoms with Gasteiger partial charge in [0, 0.05) is 53.9 Å². The summed E-state index contributed by atoms with van der Waals surface area (Å²) in [5.41, 5.74) is 13.1. The van der Waals surface area contributed by atoms with E-state index in [0.29, 0.717) is 0 Å². The number of benzene rings is 8. The average molecular weight is 663 g/mol. The number of hydrogen-bond donors (Lipinski definition) is 0. The van der Waals surface area contributed by atoms with Crippen molar-refractivity contribution < 1.29 is 8.83 Å².